The number of nitrogens with one attached hydrogen (secondary N) is 1. The topological polar surface area (TPSA) is 45.2 Å². The quantitative estimate of drug-likeness (QED) is 0.577. The lowest BCUT2D eigenvalue weighted by Gasteiger charge is -2.13. The van der Waals surface area contributed by atoms with Crippen molar-refractivity contribution in [3.05, 3.63) is 18.5 Å². The summed E-state index contributed by atoms with van der Waals surface area (Å²) in [4.78, 5) is 5.30. The summed E-state index contributed by atoms with van der Waals surface area (Å²) >= 11 is 1.75. The Kier molecular flexibility index (Phi) is 5.50. The van der Waals surface area contributed by atoms with Crippen molar-refractivity contribution < 1.29 is 5.11 Å². The molecule has 0 aliphatic carbocycles. The van der Waals surface area contributed by atoms with Crippen molar-refractivity contribution in [3.63, 3.8) is 0 Å². The van der Waals surface area contributed by atoms with Crippen molar-refractivity contribution in [2.24, 2.45) is 0 Å². The van der Waals surface area contributed by atoms with Gasteiger partial charge in [0, 0.05) is 29.5 Å². The van der Waals surface area contributed by atoms with E-state index in [-0.39, 0.29) is 6.61 Å². The van der Waals surface area contributed by atoms with Crippen molar-refractivity contribution in [2.75, 3.05) is 17.7 Å². The van der Waals surface area contributed by atoms with Crippen LogP contribution in [-0.4, -0.2) is 28.5 Å². The normalized spacial score (nSPS) is 10.7. The number of aliphatic hydroxyl groups excluding tert-OH is 1. The number of nitrogens with zero attached hydrogens (tertiary/aromatic N) is 1. The molecule has 0 saturated heterocycles. The van der Waals surface area contributed by atoms with Gasteiger partial charge in [-0.15, -0.1) is 11.8 Å². The average Bonchev–Trinajstić information content (AvgIpc) is 2.20. The van der Waals surface area contributed by atoms with E-state index in [1.54, 1.807) is 18.0 Å². The first kappa shape index (κ1) is 12.3. The molecule has 0 atom stereocenters. The van der Waals surface area contributed by atoms with Gasteiger partial charge in [-0.3, -0.25) is 4.98 Å². The average molecular weight is 226 g/mol. The van der Waals surface area contributed by atoms with Gasteiger partial charge < -0.3 is 10.4 Å². The first-order valence-electron chi connectivity index (χ1n) is 5.18. The van der Waals surface area contributed by atoms with E-state index in [1.807, 2.05) is 12.3 Å². The van der Waals surface area contributed by atoms with Gasteiger partial charge in [-0.25, -0.2) is 0 Å². The molecule has 0 aromatic carbocycles. The molecule has 1 rings (SSSR count). The second kappa shape index (κ2) is 6.69. The molecule has 0 bridgehead atoms. The fourth-order valence-electron chi connectivity index (χ4n) is 1.17. The fourth-order valence-corrected chi connectivity index (χ4v) is 2.09. The molecule has 0 aliphatic rings. The van der Waals surface area contributed by atoms with Gasteiger partial charge in [0.05, 0.1) is 11.9 Å². The lowest BCUT2D eigenvalue weighted by atomic mass is 10.3. The van der Waals surface area contributed by atoms with Crippen molar-refractivity contribution in [1.29, 1.82) is 0 Å². The highest BCUT2D eigenvalue weighted by Gasteiger charge is 2.03. The van der Waals surface area contributed by atoms with E-state index < -0.39 is 0 Å². The van der Waals surface area contributed by atoms with Crippen LogP contribution in [0.5, 0.6) is 0 Å². The number of aromatic nitrogens is 1. The van der Waals surface area contributed by atoms with Crippen LogP contribution in [-0.2, 0) is 0 Å². The molecule has 2 N–H and O–H groups in total. The number of pyridine rings is 1. The highest BCUT2D eigenvalue weighted by Crippen LogP contribution is 2.26. The Morgan fingerprint density at radius 3 is 3.00 bits per heavy atom. The molecule has 1 heterocycles. The minimum Gasteiger partial charge on any atom is -0.396 e. The van der Waals surface area contributed by atoms with Crippen LogP contribution in [0.25, 0.3) is 0 Å². The van der Waals surface area contributed by atoms with E-state index in [4.69, 9.17) is 5.11 Å². The number of hydrogen-bond acceptors (Lipinski definition) is 4. The molecule has 0 unspecified atom stereocenters. The molecule has 0 saturated carbocycles. The summed E-state index contributed by atoms with van der Waals surface area (Å²) in [5.41, 5.74) is 1.08. The number of rotatable bonds is 6. The molecule has 4 heteroatoms. The second-order valence-electron chi connectivity index (χ2n) is 3.60. The number of anilines is 1. The lowest BCUT2D eigenvalue weighted by Crippen LogP contribution is -2.10. The lowest BCUT2D eigenvalue weighted by molar-refractivity contribution is 0.296. The van der Waals surface area contributed by atoms with Gasteiger partial charge in [0.1, 0.15) is 0 Å². The van der Waals surface area contributed by atoms with Crippen molar-refractivity contribution in [2.45, 2.75) is 31.2 Å². The van der Waals surface area contributed by atoms with Crippen molar-refractivity contribution in [3.8, 4) is 0 Å². The highest BCUT2D eigenvalue weighted by atomic mass is 32.2. The molecular formula is C11H18N2OS. The maximum Gasteiger partial charge on any atom is 0.0666 e. The van der Waals surface area contributed by atoms with Crippen molar-refractivity contribution >= 4 is 17.4 Å². The summed E-state index contributed by atoms with van der Waals surface area (Å²) in [6, 6.07) is 2.42. The zero-order valence-corrected chi connectivity index (χ0v) is 10.0. The summed E-state index contributed by atoms with van der Waals surface area (Å²) in [5.74, 6) is 0.938. The Hall–Kier alpha value is -0.740. The van der Waals surface area contributed by atoms with Gasteiger partial charge >= 0.3 is 0 Å². The number of hydrogen-bond donors (Lipinski definition) is 2. The largest absolute Gasteiger partial charge is 0.396 e. The van der Waals surface area contributed by atoms with E-state index in [0.717, 1.165) is 17.9 Å². The zero-order chi connectivity index (χ0) is 11.1. The first-order valence-corrected chi connectivity index (χ1v) is 6.17. The smallest absolute Gasteiger partial charge is 0.0666 e. The minimum absolute atomic E-state index is 0.255. The maximum atomic E-state index is 8.72. The molecule has 0 radical (unpaired) electrons. The van der Waals surface area contributed by atoms with Gasteiger partial charge in [0.2, 0.25) is 0 Å². The Bertz CT molecular complexity index is 292. The van der Waals surface area contributed by atoms with E-state index in [1.165, 1.54) is 4.90 Å². The second-order valence-corrected chi connectivity index (χ2v) is 4.73. The van der Waals surface area contributed by atoms with E-state index >= 15 is 0 Å². The molecule has 84 valence electrons. The van der Waals surface area contributed by atoms with Crippen LogP contribution in [0.1, 0.15) is 20.3 Å². The Balaban J connectivity index is 2.60. The minimum atomic E-state index is 0.255. The van der Waals surface area contributed by atoms with Crippen LogP contribution in [0.15, 0.2) is 23.4 Å². The summed E-state index contributed by atoms with van der Waals surface area (Å²) < 4.78 is 0. The molecule has 0 aliphatic heterocycles. The molecule has 0 amide bonds. The van der Waals surface area contributed by atoms with Crippen LogP contribution in [0.2, 0.25) is 0 Å². The summed E-state index contributed by atoms with van der Waals surface area (Å²) in [6.07, 6.45) is 4.47. The third kappa shape index (κ3) is 4.53. The van der Waals surface area contributed by atoms with E-state index in [0.29, 0.717) is 6.04 Å². The molecule has 1 aromatic rings. The maximum absolute atomic E-state index is 8.72. The SMILES string of the molecule is CC(C)Nc1cnccc1SCCCO. The molecule has 3 nitrogen and oxygen atoms in total. The zero-order valence-electron chi connectivity index (χ0n) is 9.23. The van der Waals surface area contributed by atoms with Crippen LogP contribution < -0.4 is 5.32 Å². The Labute approximate surface area is 95.3 Å². The predicted molar refractivity (Wildman–Crippen MR) is 65.4 cm³/mol. The number of thioether (sulfide) groups is 1. The van der Waals surface area contributed by atoms with Crippen LogP contribution in [0.3, 0.4) is 0 Å². The molecule has 0 spiro atoms. The van der Waals surface area contributed by atoms with Crippen LogP contribution in [0, 0.1) is 0 Å². The third-order valence-electron chi connectivity index (χ3n) is 1.79. The van der Waals surface area contributed by atoms with Crippen molar-refractivity contribution in [1.82, 2.24) is 4.98 Å². The molecule has 1 aromatic heterocycles. The summed E-state index contributed by atoms with van der Waals surface area (Å²) in [7, 11) is 0. The third-order valence-corrected chi connectivity index (χ3v) is 2.95. The summed E-state index contributed by atoms with van der Waals surface area (Å²) in [6.45, 7) is 4.47. The van der Waals surface area contributed by atoms with E-state index in [9.17, 15) is 0 Å². The van der Waals surface area contributed by atoms with Crippen LogP contribution in [0.4, 0.5) is 5.69 Å². The molecule has 0 fully saturated rings. The highest BCUT2D eigenvalue weighted by molar-refractivity contribution is 7.99. The van der Waals surface area contributed by atoms with E-state index in [2.05, 4.69) is 24.1 Å². The summed E-state index contributed by atoms with van der Waals surface area (Å²) in [5, 5.41) is 12.1. The monoisotopic (exact) mass is 226 g/mol. The van der Waals surface area contributed by atoms with Gasteiger partial charge in [-0.2, -0.15) is 0 Å². The van der Waals surface area contributed by atoms with Gasteiger partial charge in [-0.05, 0) is 26.3 Å². The molecular weight excluding hydrogens is 208 g/mol. The predicted octanol–water partition coefficient (Wildman–Crippen LogP) is 2.38. The standard InChI is InChI=1S/C11H18N2OS/c1-9(2)13-10-8-12-5-4-11(10)15-7-3-6-14/h4-5,8-9,13-14H,3,6-7H2,1-2H3. The first-order chi connectivity index (χ1) is 7.24. The fraction of sp³-hybridized carbons (Fsp3) is 0.545. The Morgan fingerprint density at radius 2 is 2.33 bits per heavy atom. The van der Waals surface area contributed by atoms with Gasteiger partial charge in [0.15, 0.2) is 0 Å². The number of aliphatic hydroxyl groups is 1. The molecule has 15 heavy (non-hydrogen) atoms. The van der Waals surface area contributed by atoms with Gasteiger partial charge in [-0.1, -0.05) is 0 Å². The van der Waals surface area contributed by atoms with Gasteiger partial charge in [0.25, 0.3) is 0 Å². The van der Waals surface area contributed by atoms with Crippen LogP contribution >= 0.6 is 11.8 Å². The Morgan fingerprint density at radius 1 is 1.53 bits per heavy atom.